The molecule has 0 radical (unpaired) electrons. The van der Waals surface area contributed by atoms with Gasteiger partial charge in [0.2, 0.25) is 5.91 Å². The van der Waals surface area contributed by atoms with Crippen molar-refractivity contribution in [3.63, 3.8) is 0 Å². The van der Waals surface area contributed by atoms with Gasteiger partial charge in [-0.15, -0.1) is 0 Å². The summed E-state index contributed by atoms with van der Waals surface area (Å²) in [6, 6.07) is 3.62. The van der Waals surface area contributed by atoms with Gasteiger partial charge in [-0.2, -0.15) is 0 Å². The van der Waals surface area contributed by atoms with Gasteiger partial charge in [0, 0.05) is 25.0 Å². The smallest absolute Gasteiger partial charge is 0.289 e. The maximum absolute atomic E-state index is 12.4. The van der Waals surface area contributed by atoms with Crippen LogP contribution >= 0.6 is 0 Å². The van der Waals surface area contributed by atoms with Gasteiger partial charge in [0.25, 0.3) is 5.91 Å². The number of hydrogen-bond donors (Lipinski definition) is 1. The lowest BCUT2D eigenvalue weighted by Crippen LogP contribution is -2.44. The maximum Gasteiger partial charge on any atom is 0.289 e. The average molecular weight is 334 g/mol. The van der Waals surface area contributed by atoms with Crippen molar-refractivity contribution in [2.75, 3.05) is 13.1 Å². The van der Waals surface area contributed by atoms with Crippen molar-refractivity contribution in [1.82, 2.24) is 10.2 Å². The van der Waals surface area contributed by atoms with E-state index in [0.29, 0.717) is 24.8 Å². The van der Waals surface area contributed by atoms with Crippen LogP contribution in [0.4, 0.5) is 0 Å². The van der Waals surface area contributed by atoms with Crippen LogP contribution in [-0.4, -0.2) is 35.8 Å². The Kier molecular flexibility index (Phi) is 6.88. The molecule has 24 heavy (non-hydrogen) atoms. The van der Waals surface area contributed by atoms with E-state index in [2.05, 4.69) is 26.1 Å². The SMILES string of the molecule is CC(C)CCC[C@@H](C)NC(=O)C1CCN(C(=O)c2ccco2)CC1. The topological polar surface area (TPSA) is 62.6 Å². The molecule has 1 fully saturated rings. The average Bonchev–Trinajstić information content (AvgIpc) is 3.08. The fraction of sp³-hybridized carbons (Fsp3) is 0.684. The van der Waals surface area contributed by atoms with E-state index in [9.17, 15) is 9.59 Å². The minimum absolute atomic E-state index is 0.0122. The highest BCUT2D eigenvalue weighted by Gasteiger charge is 2.29. The molecule has 2 amide bonds. The molecule has 1 aliphatic heterocycles. The van der Waals surface area contributed by atoms with E-state index in [-0.39, 0.29) is 23.8 Å². The molecular formula is C19H30N2O3. The summed E-state index contributed by atoms with van der Waals surface area (Å²) in [5.41, 5.74) is 0. The van der Waals surface area contributed by atoms with Crippen molar-refractivity contribution in [3.8, 4) is 0 Å². The van der Waals surface area contributed by atoms with Gasteiger partial charge in [-0.05, 0) is 44.2 Å². The van der Waals surface area contributed by atoms with E-state index in [1.54, 1.807) is 17.0 Å². The molecule has 1 aliphatic rings. The molecule has 1 saturated heterocycles. The van der Waals surface area contributed by atoms with Crippen LogP contribution in [0.5, 0.6) is 0 Å². The number of amides is 2. The molecule has 0 saturated carbocycles. The zero-order chi connectivity index (χ0) is 17.5. The van der Waals surface area contributed by atoms with Crippen molar-refractivity contribution in [2.45, 2.75) is 58.9 Å². The fourth-order valence-electron chi connectivity index (χ4n) is 3.17. The highest BCUT2D eigenvalue weighted by molar-refractivity contribution is 5.91. The van der Waals surface area contributed by atoms with Crippen molar-refractivity contribution < 1.29 is 14.0 Å². The zero-order valence-corrected chi connectivity index (χ0v) is 15.1. The zero-order valence-electron chi connectivity index (χ0n) is 15.1. The summed E-state index contributed by atoms with van der Waals surface area (Å²) >= 11 is 0. The predicted octanol–water partition coefficient (Wildman–Crippen LogP) is 3.46. The molecule has 1 atom stereocenters. The van der Waals surface area contributed by atoms with E-state index >= 15 is 0 Å². The van der Waals surface area contributed by atoms with Crippen LogP contribution in [0, 0.1) is 11.8 Å². The largest absolute Gasteiger partial charge is 0.459 e. The summed E-state index contributed by atoms with van der Waals surface area (Å²) in [6.45, 7) is 7.74. The van der Waals surface area contributed by atoms with Gasteiger partial charge >= 0.3 is 0 Å². The van der Waals surface area contributed by atoms with Crippen LogP contribution in [0.25, 0.3) is 0 Å². The molecule has 0 aliphatic carbocycles. The second-order valence-electron chi connectivity index (χ2n) is 7.28. The fourth-order valence-corrected chi connectivity index (χ4v) is 3.17. The molecule has 2 rings (SSSR count). The van der Waals surface area contributed by atoms with Crippen molar-refractivity contribution in [2.24, 2.45) is 11.8 Å². The molecule has 2 heterocycles. The first-order valence-corrected chi connectivity index (χ1v) is 9.10. The summed E-state index contributed by atoms with van der Waals surface area (Å²) in [5.74, 6) is 1.15. The second kappa shape index (κ2) is 8.90. The Bertz CT molecular complexity index is 517. The lowest BCUT2D eigenvalue weighted by atomic mass is 9.95. The summed E-state index contributed by atoms with van der Waals surface area (Å²) in [5, 5.41) is 3.13. The van der Waals surface area contributed by atoms with Crippen molar-refractivity contribution in [3.05, 3.63) is 24.2 Å². The van der Waals surface area contributed by atoms with Crippen LogP contribution in [0.2, 0.25) is 0 Å². The van der Waals surface area contributed by atoms with E-state index in [4.69, 9.17) is 4.42 Å². The van der Waals surface area contributed by atoms with Crippen molar-refractivity contribution >= 4 is 11.8 Å². The van der Waals surface area contributed by atoms with Crippen LogP contribution in [0.3, 0.4) is 0 Å². The lowest BCUT2D eigenvalue weighted by Gasteiger charge is -2.31. The molecule has 0 bridgehead atoms. The summed E-state index contributed by atoms with van der Waals surface area (Å²) in [6.07, 6.45) is 6.32. The summed E-state index contributed by atoms with van der Waals surface area (Å²) in [4.78, 5) is 26.4. The molecule has 0 unspecified atom stereocenters. The molecule has 1 aromatic heterocycles. The number of piperidine rings is 1. The lowest BCUT2D eigenvalue weighted by molar-refractivity contribution is -0.126. The standard InChI is InChI=1S/C19H30N2O3/c1-14(2)6-4-7-15(3)20-18(22)16-9-11-21(12-10-16)19(23)17-8-5-13-24-17/h5,8,13-16H,4,6-7,9-12H2,1-3H3,(H,20,22)/t15-/m1/s1. The Morgan fingerprint density at radius 1 is 1.25 bits per heavy atom. The Morgan fingerprint density at radius 2 is 1.96 bits per heavy atom. The molecule has 134 valence electrons. The van der Waals surface area contributed by atoms with Gasteiger partial charge in [-0.3, -0.25) is 9.59 Å². The Morgan fingerprint density at radius 3 is 2.54 bits per heavy atom. The second-order valence-corrected chi connectivity index (χ2v) is 7.28. The van der Waals surface area contributed by atoms with Crippen LogP contribution in [-0.2, 0) is 4.79 Å². The minimum Gasteiger partial charge on any atom is -0.459 e. The number of likely N-dealkylation sites (tertiary alicyclic amines) is 1. The molecule has 5 nitrogen and oxygen atoms in total. The highest BCUT2D eigenvalue weighted by Crippen LogP contribution is 2.20. The van der Waals surface area contributed by atoms with E-state index in [1.807, 2.05) is 0 Å². The Hall–Kier alpha value is -1.78. The van der Waals surface area contributed by atoms with Crippen LogP contribution in [0.15, 0.2) is 22.8 Å². The number of carbonyl (C=O) groups is 2. The normalized spacial score (nSPS) is 17.1. The van der Waals surface area contributed by atoms with Crippen molar-refractivity contribution in [1.29, 1.82) is 0 Å². The third kappa shape index (κ3) is 5.39. The number of furan rings is 1. The number of hydrogen-bond acceptors (Lipinski definition) is 3. The Labute approximate surface area is 144 Å². The van der Waals surface area contributed by atoms with Crippen LogP contribution in [0.1, 0.15) is 63.4 Å². The quantitative estimate of drug-likeness (QED) is 0.830. The highest BCUT2D eigenvalue weighted by atomic mass is 16.3. The number of rotatable bonds is 7. The number of nitrogens with one attached hydrogen (secondary N) is 1. The van der Waals surface area contributed by atoms with E-state index < -0.39 is 0 Å². The predicted molar refractivity (Wildman–Crippen MR) is 93.6 cm³/mol. The first-order chi connectivity index (χ1) is 11.5. The first kappa shape index (κ1) is 18.6. The molecule has 5 heteroatoms. The monoisotopic (exact) mass is 334 g/mol. The molecule has 0 spiro atoms. The maximum atomic E-state index is 12.4. The van der Waals surface area contributed by atoms with Gasteiger partial charge in [0.05, 0.1) is 6.26 Å². The molecule has 0 aromatic carbocycles. The van der Waals surface area contributed by atoms with Gasteiger partial charge in [0.1, 0.15) is 0 Å². The first-order valence-electron chi connectivity index (χ1n) is 9.10. The number of nitrogens with zero attached hydrogens (tertiary/aromatic N) is 1. The molecule has 1 aromatic rings. The summed E-state index contributed by atoms with van der Waals surface area (Å²) < 4.78 is 5.16. The van der Waals surface area contributed by atoms with Gasteiger partial charge < -0.3 is 14.6 Å². The van der Waals surface area contributed by atoms with Gasteiger partial charge in [0.15, 0.2) is 5.76 Å². The Balaban J connectivity index is 1.71. The third-order valence-electron chi connectivity index (χ3n) is 4.69. The summed E-state index contributed by atoms with van der Waals surface area (Å²) in [7, 11) is 0. The number of carbonyl (C=O) groups excluding carboxylic acids is 2. The van der Waals surface area contributed by atoms with Crippen LogP contribution < -0.4 is 5.32 Å². The molecular weight excluding hydrogens is 304 g/mol. The van der Waals surface area contributed by atoms with Gasteiger partial charge in [-0.1, -0.05) is 26.7 Å². The minimum atomic E-state index is -0.0825. The third-order valence-corrected chi connectivity index (χ3v) is 4.69. The molecule has 1 N–H and O–H groups in total. The van der Waals surface area contributed by atoms with E-state index in [0.717, 1.165) is 25.7 Å². The van der Waals surface area contributed by atoms with E-state index in [1.165, 1.54) is 12.7 Å². The van der Waals surface area contributed by atoms with Gasteiger partial charge in [-0.25, -0.2) is 0 Å².